The van der Waals surface area contributed by atoms with Crippen LogP contribution in [0.3, 0.4) is 0 Å². The Kier molecular flexibility index (Phi) is 4.85. The third kappa shape index (κ3) is 3.92. The number of rotatable bonds is 3. The molecule has 0 aliphatic carbocycles. The fourth-order valence-corrected chi connectivity index (χ4v) is 0.604. The minimum absolute atomic E-state index is 0.0367. The van der Waals surface area contributed by atoms with E-state index < -0.39 is 0 Å². The van der Waals surface area contributed by atoms with Gasteiger partial charge in [-0.2, -0.15) is 0 Å². The molecule has 0 aromatic heterocycles. The summed E-state index contributed by atoms with van der Waals surface area (Å²) in [7, 11) is 1.68. The van der Waals surface area contributed by atoms with Crippen LogP contribution >= 0.6 is 0 Å². The summed E-state index contributed by atoms with van der Waals surface area (Å²) in [6, 6.07) is 0. The van der Waals surface area contributed by atoms with Crippen molar-refractivity contribution >= 4 is 9.52 Å². The lowest BCUT2D eigenvalue weighted by Crippen LogP contribution is -1.94. The molecule has 0 aromatic rings. The molecule has 0 aromatic carbocycles. The zero-order valence-electron chi connectivity index (χ0n) is 4.11. The second-order valence-electron chi connectivity index (χ2n) is 1.07. The van der Waals surface area contributed by atoms with E-state index in [1.807, 2.05) is 5.70 Å². The Morgan fingerprint density at radius 3 is 2.83 bits per heavy atom. The number of methoxy groups -OCH3 is 1. The first-order chi connectivity index (χ1) is 2.91. The Balaban J connectivity index is 2.49. The maximum absolute atomic E-state index is 4.77. The predicted octanol–water partition coefficient (Wildman–Crippen LogP) is -0.0974. The van der Waals surface area contributed by atoms with Gasteiger partial charge in [0.15, 0.2) is 0 Å². The van der Waals surface area contributed by atoms with Crippen molar-refractivity contribution in [2.24, 2.45) is 0 Å². The van der Waals surface area contributed by atoms with Crippen molar-refractivity contribution in [3.63, 3.8) is 0 Å². The summed E-state index contributed by atoms with van der Waals surface area (Å²) in [6.07, 6.45) is 0.934. The van der Waals surface area contributed by atoms with E-state index in [2.05, 4.69) is 6.58 Å². The van der Waals surface area contributed by atoms with Crippen molar-refractivity contribution in [3.8, 4) is 0 Å². The average Bonchev–Trinajstić information content (AvgIpc) is 1.61. The van der Waals surface area contributed by atoms with Gasteiger partial charge in [-0.05, 0) is 0 Å². The van der Waals surface area contributed by atoms with Crippen molar-refractivity contribution < 1.29 is 4.74 Å². The molecule has 0 saturated carbocycles. The summed E-state index contributed by atoms with van der Waals surface area (Å²) in [5, 5.41) is 0. The van der Waals surface area contributed by atoms with Crippen LogP contribution in [0.15, 0.2) is 12.3 Å². The maximum Gasteiger partial charge on any atom is 0.0749 e. The van der Waals surface area contributed by atoms with Crippen molar-refractivity contribution in [2.45, 2.75) is 0 Å². The lowest BCUT2D eigenvalue weighted by molar-refractivity contribution is 0.252. The Morgan fingerprint density at radius 2 is 2.67 bits per heavy atom. The van der Waals surface area contributed by atoms with Gasteiger partial charge >= 0.3 is 0 Å². The second-order valence-corrected chi connectivity index (χ2v) is 2.63. The summed E-state index contributed by atoms with van der Waals surface area (Å²) < 4.78 is 4.77. The van der Waals surface area contributed by atoms with Crippen LogP contribution < -0.4 is 0 Å². The second kappa shape index (κ2) is 4.92. The first-order valence-electron chi connectivity index (χ1n) is 2.01. The largest absolute Gasteiger partial charge is 0.388 e. The highest BCUT2D eigenvalue weighted by atomic mass is 28.2. The minimum atomic E-state index is -0.0367. The smallest absolute Gasteiger partial charge is 0.0749 e. The van der Waals surface area contributed by atoms with Crippen LogP contribution in [0.25, 0.3) is 0 Å². The topological polar surface area (TPSA) is 9.23 Å². The van der Waals surface area contributed by atoms with Gasteiger partial charge in [-0.3, -0.25) is 0 Å². The van der Waals surface area contributed by atoms with Crippen molar-refractivity contribution in [1.82, 2.24) is 0 Å². The lowest BCUT2D eigenvalue weighted by Gasteiger charge is -1.85. The van der Waals surface area contributed by atoms with Crippen molar-refractivity contribution in [2.75, 3.05) is 13.3 Å². The van der Waals surface area contributed by atoms with Crippen molar-refractivity contribution in [3.05, 3.63) is 12.3 Å². The molecule has 2 heteroatoms. The molecule has 0 spiro atoms. The molecule has 0 saturated heterocycles. The van der Waals surface area contributed by atoms with E-state index in [0.717, 1.165) is 6.23 Å². The highest BCUT2D eigenvalue weighted by Gasteiger charge is 1.71. The summed E-state index contributed by atoms with van der Waals surface area (Å²) in [6.45, 7) is 3.58. The highest BCUT2D eigenvalue weighted by molar-refractivity contribution is 6.41. The standard InChI is InChI=1S/C4H10OSi/c1-3-6-4-5-2/h3H,1,4,6H2,2H3. The van der Waals surface area contributed by atoms with E-state index in [9.17, 15) is 0 Å². The molecule has 0 rings (SSSR count). The number of hydrogen-bond donors (Lipinski definition) is 0. The zero-order valence-corrected chi connectivity index (χ0v) is 5.52. The Bertz CT molecular complexity index is 36.5. The van der Waals surface area contributed by atoms with Gasteiger partial charge in [0.1, 0.15) is 0 Å². The fraction of sp³-hybridized carbons (Fsp3) is 0.500. The molecule has 36 valence electrons. The SMILES string of the molecule is C=C[SiH2]COC. The van der Waals surface area contributed by atoms with Crippen LogP contribution in [-0.2, 0) is 4.74 Å². The molecule has 0 atom stereocenters. The first-order valence-corrected chi connectivity index (χ1v) is 3.83. The van der Waals surface area contributed by atoms with Crippen molar-refractivity contribution in [1.29, 1.82) is 0 Å². The lowest BCUT2D eigenvalue weighted by atomic mass is 11.3. The molecular formula is C4H10OSi. The molecule has 1 nitrogen and oxygen atoms in total. The van der Waals surface area contributed by atoms with Crippen LogP contribution in [0.2, 0.25) is 0 Å². The quantitative estimate of drug-likeness (QED) is 0.357. The van der Waals surface area contributed by atoms with Gasteiger partial charge in [0.2, 0.25) is 0 Å². The van der Waals surface area contributed by atoms with Gasteiger partial charge in [-0.15, -0.1) is 12.3 Å². The van der Waals surface area contributed by atoms with E-state index in [1.165, 1.54) is 0 Å². The van der Waals surface area contributed by atoms with E-state index >= 15 is 0 Å². The van der Waals surface area contributed by atoms with Crippen LogP contribution in [0, 0.1) is 0 Å². The summed E-state index contributed by atoms with van der Waals surface area (Å²) in [4.78, 5) is 0. The monoisotopic (exact) mass is 102 g/mol. The Hall–Kier alpha value is -0.0831. The zero-order chi connectivity index (χ0) is 4.83. The summed E-state index contributed by atoms with van der Waals surface area (Å²) in [5.41, 5.74) is 1.98. The van der Waals surface area contributed by atoms with Gasteiger partial charge < -0.3 is 4.74 Å². The van der Waals surface area contributed by atoms with E-state index in [1.54, 1.807) is 7.11 Å². The minimum Gasteiger partial charge on any atom is -0.388 e. The average molecular weight is 102 g/mol. The molecule has 0 bridgehead atoms. The van der Waals surface area contributed by atoms with E-state index in [4.69, 9.17) is 4.74 Å². The fourth-order valence-electron chi connectivity index (χ4n) is 0.201. The third-order valence-electron chi connectivity index (χ3n) is 0.526. The van der Waals surface area contributed by atoms with Crippen LogP contribution in [0.4, 0.5) is 0 Å². The number of hydrogen-bond acceptors (Lipinski definition) is 1. The molecule has 0 aliphatic heterocycles. The van der Waals surface area contributed by atoms with Crippen LogP contribution in [-0.4, -0.2) is 22.9 Å². The van der Waals surface area contributed by atoms with Gasteiger partial charge in [0.05, 0.1) is 9.52 Å². The molecular weight excluding hydrogens is 92.1 g/mol. The third-order valence-corrected chi connectivity index (χ3v) is 1.58. The van der Waals surface area contributed by atoms with E-state index in [-0.39, 0.29) is 9.52 Å². The molecule has 0 aliphatic rings. The molecule has 0 radical (unpaired) electrons. The Labute approximate surface area is 40.8 Å². The summed E-state index contributed by atoms with van der Waals surface area (Å²) >= 11 is 0. The van der Waals surface area contributed by atoms with Gasteiger partial charge in [0, 0.05) is 13.3 Å². The molecule has 0 fully saturated rings. The molecule has 0 amide bonds. The normalized spacial score (nSPS) is 10.2. The van der Waals surface area contributed by atoms with Crippen LogP contribution in [0.5, 0.6) is 0 Å². The summed E-state index contributed by atoms with van der Waals surface area (Å²) in [5.74, 6) is 0. The molecule has 0 heterocycles. The molecule has 0 unspecified atom stereocenters. The Morgan fingerprint density at radius 1 is 2.00 bits per heavy atom. The molecule has 6 heavy (non-hydrogen) atoms. The number of ether oxygens (including phenoxy) is 1. The molecule has 0 N–H and O–H groups in total. The first kappa shape index (κ1) is 5.92. The van der Waals surface area contributed by atoms with Gasteiger partial charge in [0.25, 0.3) is 0 Å². The van der Waals surface area contributed by atoms with Gasteiger partial charge in [-0.1, -0.05) is 0 Å². The maximum atomic E-state index is 4.77. The predicted molar refractivity (Wildman–Crippen MR) is 30.6 cm³/mol. The highest BCUT2D eigenvalue weighted by Crippen LogP contribution is 1.61. The van der Waals surface area contributed by atoms with Crippen LogP contribution in [0.1, 0.15) is 0 Å². The van der Waals surface area contributed by atoms with E-state index in [0.29, 0.717) is 0 Å². The van der Waals surface area contributed by atoms with Gasteiger partial charge in [-0.25, -0.2) is 0 Å².